The number of H-pyrrole nitrogens is 1. The van der Waals surface area contributed by atoms with Gasteiger partial charge in [-0.1, -0.05) is 37.0 Å². The van der Waals surface area contributed by atoms with Crippen LogP contribution in [0, 0.1) is 6.92 Å². The van der Waals surface area contributed by atoms with Gasteiger partial charge in [-0.25, -0.2) is 9.78 Å². The maximum atomic E-state index is 13.5. The van der Waals surface area contributed by atoms with Crippen LogP contribution in [0.15, 0.2) is 36.7 Å². The van der Waals surface area contributed by atoms with Gasteiger partial charge in [-0.05, 0) is 56.2 Å². The number of carbonyl (C=O) groups is 2. The lowest BCUT2D eigenvalue weighted by Gasteiger charge is -2.29. The van der Waals surface area contributed by atoms with Crippen LogP contribution in [-0.4, -0.2) is 39.4 Å². The Morgan fingerprint density at radius 3 is 2.61 bits per heavy atom. The SMILES string of the molecule is Cc1cc(C(=O)N2C=C(C(=O)OC(C)C)c3[nH]c4ncc(Cl)cc4c3C(C)(C)C2)ccc1Cl. The Hall–Kier alpha value is -2.83. The Bertz CT molecular complexity index is 1310. The van der Waals surface area contributed by atoms with Crippen LogP contribution in [0.4, 0.5) is 0 Å². The van der Waals surface area contributed by atoms with E-state index in [2.05, 4.69) is 9.97 Å². The summed E-state index contributed by atoms with van der Waals surface area (Å²) in [6.45, 7) is 9.80. The molecule has 0 atom stereocenters. The summed E-state index contributed by atoms with van der Waals surface area (Å²) in [7, 11) is 0. The van der Waals surface area contributed by atoms with Gasteiger partial charge in [-0.2, -0.15) is 0 Å². The number of aromatic nitrogens is 2. The van der Waals surface area contributed by atoms with Gasteiger partial charge in [0, 0.05) is 40.3 Å². The van der Waals surface area contributed by atoms with E-state index in [-0.39, 0.29) is 17.6 Å². The van der Waals surface area contributed by atoms with Crippen molar-refractivity contribution in [1.29, 1.82) is 0 Å². The van der Waals surface area contributed by atoms with Crippen molar-refractivity contribution in [2.24, 2.45) is 0 Å². The van der Waals surface area contributed by atoms with E-state index in [1.807, 2.05) is 26.8 Å². The normalized spacial score (nSPS) is 15.3. The number of hydrogen-bond acceptors (Lipinski definition) is 4. The number of nitrogens with one attached hydrogen (secondary N) is 1. The summed E-state index contributed by atoms with van der Waals surface area (Å²) < 4.78 is 5.53. The van der Waals surface area contributed by atoms with Crippen molar-refractivity contribution >= 4 is 51.7 Å². The first-order chi connectivity index (χ1) is 15.5. The molecule has 1 aromatic carbocycles. The van der Waals surface area contributed by atoms with Gasteiger partial charge in [0.1, 0.15) is 5.65 Å². The van der Waals surface area contributed by atoms with Crippen LogP contribution in [0.2, 0.25) is 10.0 Å². The number of halogens is 2. The molecule has 0 spiro atoms. The summed E-state index contributed by atoms with van der Waals surface area (Å²) in [6.07, 6.45) is 2.81. The minimum absolute atomic E-state index is 0.233. The van der Waals surface area contributed by atoms with Gasteiger partial charge >= 0.3 is 5.97 Å². The molecule has 1 aliphatic heterocycles. The second-order valence-corrected chi connectivity index (χ2v) is 10.0. The molecule has 0 saturated carbocycles. The van der Waals surface area contributed by atoms with Gasteiger partial charge < -0.3 is 14.6 Å². The number of aromatic amines is 1. The molecular weight excluding hydrogens is 461 g/mol. The van der Waals surface area contributed by atoms with E-state index in [9.17, 15) is 9.59 Å². The van der Waals surface area contributed by atoms with Crippen molar-refractivity contribution < 1.29 is 14.3 Å². The Balaban J connectivity index is 1.91. The predicted octanol–water partition coefficient (Wildman–Crippen LogP) is 5.90. The highest BCUT2D eigenvalue weighted by molar-refractivity contribution is 6.31. The number of rotatable bonds is 3. The van der Waals surface area contributed by atoms with E-state index in [0.717, 1.165) is 16.5 Å². The number of nitrogens with zero attached hydrogens (tertiary/aromatic N) is 2. The maximum absolute atomic E-state index is 13.5. The number of benzene rings is 1. The molecule has 3 aromatic rings. The zero-order chi connectivity index (χ0) is 24.1. The van der Waals surface area contributed by atoms with Crippen LogP contribution < -0.4 is 0 Å². The first kappa shape index (κ1) is 23.3. The minimum Gasteiger partial charge on any atom is -0.459 e. The number of esters is 1. The highest BCUT2D eigenvalue weighted by Crippen LogP contribution is 2.41. The molecule has 2 aromatic heterocycles. The van der Waals surface area contributed by atoms with Crippen molar-refractivity contribution in [3.63, 3.8) is 0 Å². The number of aryl methyl sites for hydroxylation is 1. The quantitative estimate of drug-likeness (QED) is 0.468. The van der Waals surface area contributed by atoms with Crippen molar-refractivity contribution in [3.8, 4) is 0 Å². The fraction of sp³-hybridized carbons (Fsp3) is 0.320. The number of pyridine rings is 1. The third-order valence-electron chi connectivity index (χ3n) is 5.64. The Labute approximate surface area is 202 Å². The molecule has 0 unspecified atom stereocenters. The second kappa shape index (κ2) is 8.50. The summed E-state index contributed by atoms with van der Waals surface area (Å²) in [5, 5.41) is 1.89. The van der Waals surface area contributed by atoms with Gasteiger partial charge in [0.2, 0.25) is 0 Å². The third-order valence-corrected chi connectivity index (χ3v) is 6.27. The Morgan fingerprint density at radius 1 is 1.21 bits per heavy atom. The van der Waals surface area contributed by atoms with Gasteiger partial charge in [0.25, 0.3) is 5.91 Å². The van der Waals surface area contributed by atoms with E-state index in [1.54, 1.807) is 49.3 Å². The molecule has 1 aliphatic rings. The monoisotopic (exact) mass is 485 g/mol. The standard InChI is InChI=1S/C25H25Cl2N3O3/c1-13(2)33-24(32)18-11-30(23(31)15-6-7-19(27)14(3)8-15)12-25(4,5)20-17-9-16(26)10-28-22(17)29-21(18)20/h6-11,13H,12H2,1-5H3,(H,28,29). The number of hydrogen-bond donors (Lipinski definition) is 1. The van der Waals surface area contributed by atoms with E-state index in [4.69, 9.17) is 27.9 Å². The molecule has 0 saturated heterocycles. The molecule has 6 nitrogen and oxygen atoms in total. The minimum atomic E-state index is -0.534. The maximum Gasteiger partial charge on any atom is 0.342 e. The molecule has 0 aliphatic carbocycles. The van der Waals surface area contributed by atoms with Crippen LogP contribution in [0.3, 0.4) is 0 Å². The number of amides is 1. The largest absolute Gasteiger partial charge is 0.459 e. The molecule has 1 N–H and O–H groups in total. The molecule has 0 bridgehead atoms. The lowest BCUT2D eigenvalue weighted by atomic mass is 9.82. The van der Waals surface area contributed by atoms with Gasteiger partial charge in [0.15, 0.2) is 0 Å². The van der Waals surface area contributed by atoms with Crippen LogP contribution in [0.25, 0.3) is 16.6 Å². The van der Waals surface area contributed by atoms with Crippen LogP contribution in [0.1, 0.15) is 54.9 Å². The number of fused-ring (bicyclic) bond motifs is 3. The summed E-state index contributed by atoms with van der Waals surface area (Å²) in [4.78, 5) is 35.9. The highest BCUT2D eigenvalue weighted by atomic mass is 35.5. The fourth-order valence-electron chi connectivity index (χ4n) is 4.23. The molecule has 33 heavy (non-hydrogen) atoms. The summed E-state index contributed by atoms with van der Waals surface area (Å²) >= 11 is 12.4. The fourth-order valence-corrected chi connectivity index (χ4v) is 4.50. The summed E-state index contributed by atoms with van der Waals surface area (Å²) in [5.41, 5.74) is 3.08. The van der Waals surface area contributed by atoms with Crippen LogP contribution >= 0.6 is 23.2 Å². The number of carbonyl (C=O) groups excluding carboxylic acids is 2. The van der Waals surface area contributed by atoms with Gasteiger partial charge in [0.05, 0.1) is 22.4 Å². The molecule has 8 heteroatoms. The number of ether oxygens (including phenoxy) is 1. The second-order valence-electron chi connectivity index (χ2n) is 9.20. The average molecular weight is 486 g/mol. The lowest BCUT2D eigenvalue weighted by Crippen LogP contribution is -2.37. The van der Waals surface area contributed by atoms with Crippen LogP contribution in [0.5, 0.6) is 0 Å². The molecule has 0 radical (unpaired) electrons. The molecule has 1 amide bonds. The Kier molecular flexibility index (Phi) is 6.01. The lowest BCUT2D eigenvalue weighted by molar-refractivity contribution is -0.140. The third kappa shape index (κ3) is 4.37. The van der Waals surface area contributed by atoms with E-state index in [0.29, 0.717) is 33.5 Å². The topological polar surface area (TPSA) is 75.3 Å². The molecular formula is C25H25Cl2N3O3. The van der Waals surface area contributed by atoms with Crippen molar-refractivity contribution in [2.75, 3.05) is 6.54 Å². The molecule has 3 heterocycles. The first-order valence-corrected chi connectivity index (χ1v) is 11.4. The molecule has 4 rings (SSSR count). The van der Waals surface area contributed by atoms with E-state index >= 15 is 0 Å². The van der Waals surface area contributed by atoms with Crippen molar-refractivity contribution in [1.82, 2.24) is 14.9 Å². The molecule has 0 fully saturated rings. The van der Waals surface area contributed by atoms with Crippen molar-refractivity contribution in [3.05, 3.63) is 69.1 Å². The van der Waals surface area contributed by atoms with Gasteiger partial charge in [-0.15, -0.1) is 0 Å². The zero-order valence-corrected chi connectivity index (χ0v) is 20.6. The van der Waals surface area contributed by atoms with Gasteiger partial charge in [-0.3, -0.25) is 4.79 Å². The van der Waals surface area contributed by atoms with Crippen LogP contribution in [-0.2, 0) is 14.9 Å². The summed E-state index contributed by atoms with van der Waals surface area (Å²) in [6, 6.07) is 6.97. The van der Waals surface area contributed by atoms with Crippen molar-refractivity contribution in [2.45, 2.75) is 46.1 Å². The summed E-state index contributed by atoms with van der Waals surface area (Å²) in [5.74, 6) is -0.755. The zero-order valence-electron chi connectivity index (χ0n) is 19.1. The average Bonchev–Trinajstić information content (AvgIpc) is 3.05. The smallest absolute Gasteiger partial charge is 0.342 e. The predicted molar refractivity (Wildman–Crippen MR) is 131 cm³/mol. The molecule has 172 valence electrons. The Morgan fingerprint density at radius 2 is 1.94 bits per heavy atom. The first-order valence-electron chi connectivity index (χ1n) is 10.7. The van der Waals surface area contributed by atoms with E-state index < -0.39 is 11.4 Å². The van der Waals surface area contributed by atoms with E-state index in [1.165, 1.54) is 0 Å². The highest BCUT2D eigenvalue weighted by Gasteiger charge is 2.38.